The van der Waals surface area contributed by atoms with Crippen molar-refractivity contribution in [1.29, 1.82) is 0 Å². The molecule has 9 heteroatoms. The summed E-state index contributed by atoms with van der Waals surface area (Å²) >= 11 is 2.92. The molecule has 2 aromatic rings. The molecule has 27 heavy (non-hydrogen) atoms. The number of carbonyl (C=O) groups excluding carboxylic acids is 3. The molecule has 0 saturated carbocycles. The third kappa shape index (κ3) is 5.08. The third-order valence-electron chi connectivity index (χ3n) is 3.89. The van der Waals surface area contributed by atoms with Crippen molar-refractivity contribution in [3.63, 3.8) is 0 Å². The Labute approximate surface area is 164 Å². The molecule has 1 atom stereocenters. The van der Waals surface area contributed by atoms with Crippen LogP contribution in [0, 0.1) is 0 Å². The number of fused-ring (bicyclic) bond motifs is 1. The van der Waals surface area contributed by atoms with Crippen LogP contribution < -0.4 is 0 Å². The van der Waals surface area contributed by atoms with Crippen molar-refractivity contribution < 1.29 is 23.9 Å². The molecule has 3 rings (SSSR count). The number of rotatable bonds is 5. The van der Waals surface area contributed by atoms with Crippen LogP contribution in [0.15, 0.2) is 30.3 Å². The van der Waals surface area contributed by atoms with Crippen LogP contribution >= 0.6 is 23.1 Å². The molecule has 0 unspecified atom stereocenters. The van der Waals surface area contributed by atoms with Crippen molar-refractivity contribution in [3.05, 3.63) is 35.3 Å². The minimum Gasteiger partial charge on any atom is -0.468 e. The Morgan fingerprint density at radius 3 is 2.93 bits per heavy atom. The molecular formula is C18H18N2O5S2. The maximum atomic E-state index is 12.2. The Hall–Kier alpha value is -2.39. The molecular weight excluding hydrogens is 388 g/mol. The molecule has 0 bridgehead atoms. The van der Waals surface area contributed by atoms with E-state index in [1.54, 1.807) is 6.08 Å². The number of esters is 2. The van der Waals surface area contributed by atoms with Crippen molar-refractivity contribution in [2.45, 2.75) is 5.25 Å². The van der Waals surface area contributed by atoms with Gasteiger partial charge in [0.25, 0.3) is 5.91 Å². The van der Waals surface area contributed by atoms with Gasteiger partial charge in [0.1, 0.15) is 10.3 Å². The van der Waals surface area contributed by atoms with Crippen LogP contribution in [-0.4, -0.2) is 65.5 Å². The number of thiazole rings is 1. The molecule has 1 saturated heterocycles. The van der Waals surface area contributed by atoms with Gasteiger partial charge >= 0.3 is 11.9 Å². The largest absolute Gasteiger partial charge is 0.468 e. The van der Waals surface area contributed by atoms with Crippen molar-refractivity contribution >= 4 is 57.2 Å². The lowest BCUT2D eigenvalue weighted by molar-refractivity contribution is -0.149. The third-order valence-corrected chi connectivity index (χ3v) is 6.06. The van der Waals surface area contributed by atoms with Gasteiger partial charge in [0.05, 0.1) is 17.3 Å². The standard InChI is InChI=1S/C18H18N2O5S2/c1-24-18(23)14-10-20(8-9-26-14)16(21)11-25-17(22)7-6-15-19-12-4-2-3-5-13(12)27-15/h2-7,14H,8-11H2,1H3/b7-6+/t14-/m1/s1. The van der Waals surface area contributed by atoms with Crippen LogP contribution in [-0.2, 0) is 23.9 Å². The smallest absolute Gasteiger partial charge is 0.331 e. The minimum absolute atomic E-state index is 0.259. The number of thioether (sulfide) groups is 1. The molecule has 0 spiro atoms. The van der Waals surface area contributed by atoms with Crippen LogP contribution in [0.1, 0.15) is 5.01 Å². The van der Waals surface area contributed by atoms with E-state index >= 15 is 0 Å². The summed E-state index contributed by atoms with van der Waals surface area (Å²) in [6, 6.07) is 7.69. The quantitative estimate of drug-likeness (QED) is 0.554. The predicted octanol–water partition coefficient (Wildman–Crippen LogP) is 1.97. The Bertz CT molecular complexity index is 847. The summed E-state index contributed by atoms with van der Waals surface area (Å²) in [6.07, 6.45) is 2.83. The second-order valence-electron chi connectivity index (χ2n) is 5.68. The summed E-state index contributed by atoms with van der Waals surface area (Å²) in [5.41, 5.74) is 0.869. The van der Waals surface area contributed by atoms with Crippen LogP contribution in [0.2, 0.25) is 0 Å². The zero-order chi connectivity index (χ0) is 19.2. The van der Waals surface area contributed by atoms with E-state index in [-0.39, 0.29) is 25.0 Å². The SMILES string of the molecule is COC(=O)[C@H]1CN(C(=O)COC(=O)/C=C/c2nc3ccccc3s2)CCS1. The van der Waals surface area contributed by atoms with Gasteiger partial charge in [-0.05, 0) is 18.2 Å². The number of methoxy groups -OCH3 is 1. The van der Waals surface area contributed by atoms with E-state index in [0.717, 1.165) is 10.2 Å². The first-order chi connectivity index (χ1) is 13.1. The van der Waals surface area contributed by atoms with Gasteiger partial charge in [-0.15, -0.1) is 23.1 Å². The normalized spacial score (nSPS) is 17.2. The molecule has 142 valence electrons. The highest BCUT2D eigenvalue weighted by Gasteiger charge is 2.29. The maximum Gasteiger partial charge on any atom is 0.331 e. The maximum absolute atomic E-state index is 12.2. The highest BCUT2D eigenvalue weighted by molar-refractivity contribution is 8.00. The molecule has 1 aliphatic rings. The van der Waals surface area contributed by atoms with Crippen molar-refractivity contribution in [3.8, 4) is 0 Å². The van der Waals surface area contributed by atoms with Gasteiger partial charge < -0.3 is 14.4 Å². The van der Waals surface area contributed by atoms with Crippen molar-refractivity contribution in [2.75, 3.05) is 32.6 Å². The van der Waals surface area contributed by atoms with Gasteiger partial charge in [0, 0.05) is 24.9 Å². The fourth-order valence-electron chi connectivity index (χ4n) is 2.52. The first kappa shape index (κ1) is 19.4. The van der Waals surface area contributed by atoms with Crippen LogP contribution in [0.3, 0.4) is 0 Å². The zero-order valence-electron chi connectivity index (χ0n) is 14.6. The zero-order valence-corrected chi connectivity index (χ0v) is 16.3. The van der Waals surface area contributed by atoms with Gasteiger partial charge in [0.2, 0.25) is 0 Å². The van der Waals surface area contributed by atoms with E-state index in [2.05, 4.69) is 4.98 Å². The molecule has 1 aromatic carbocycles. The lowest BCUT2D eigenvalue weighted by Gasteiger charge is -2.30. The van der Waals surface area contributed by atoms with Crippen molar-refractivity contribution in [2.24, 2.45) is 0 Å². The molecule has 1 aliphatic heterocycles. The Morgan fingerprint density at radius 1 is 1.33 bits per heavy atom. The van der Waals surface area contributed by atoms with E-state index in [1.165, 1.54) is 41.2 Å². The summed E-state index contributed by atoms with van der Waals surface area (Å²) in [7, 11) is 1.32. The summed E-state index contributed by atoms with van der Waals surface area (Å²) in [4.78, 5) is 41.6. The lowest BCUT2D eigenvalue weighted by atomic mass is 10.3. The topological polar surface area (TPSA) is 85.8 Å². The number of hydrogen-bond acceptors (Lipinski definition) is 8. The fraction of sp³-hybridized carbons (Fsp3) is 0.333. The molecule has 0 N–H and O–H groups in total. The van der Waals surface area contributed by atoms with E-state index < -0.39 is 11.2 Å². The minimum atomic E-state index is -0.612. The summed E-state index contributed by atoms with van der Waals surface area (Å²) < 4.78 is 10.8. The second-order valence-corrected chi connectivity index (χ2v) is 8.06. The first-order valence-corrected chi connectivity index (χ1v) is 10.1. The highest BCUT2D eigenvalue weighted by atomic mass is 32.2. The fourth-order valence-corrected chi connectivity index (χ4v) is 4.52. The number of ether oxygens (including phenoxy) is 2. The molecule has 1 fully saturated rings. The Morgan fingerprint density at radius 2 is 2.15 bits per heavy atom. The van der Waals surface area contributed by atoms with E-state index in [9.17, 15) is 14.4 Å². The molecule has 0 aliphatic carbocycles. The number of amides is 1. The number of carbonyl (C=O) groups is 3. The van der Waals surface area contributed by atoms with Gasteiger partial charge in [-0.25, -0.2) is 9.78 Å². The highest BCUT2D eigenvalue weighted by Crippen LogP contribution is 2.22. The lowest BCUT2D eigenvalue weighted by Crippen LogP contribution is -2.46. The monoisotopic (exact) mass is 406 g/mol. The summed E-state index contributed by atoms with van der Waals surface area (Å²) in [5.74, 6) is -0.658. The number of aromatic nitrogens is 1. The number of para-hydroxylation sites is 1. The van der Waals surface area contributed by atoms with Gasteiger partial charge in [-0.1, -0.05) is 12.1 Å². The molecule has 1 amide bonds. The molecule has 2 heterocycles. The average Bonchev–Trinajstić information content (AvgIpc) is 3.13. The number of nitrogens with zero attached hydrogens (tertiary/aromatic N) is 2. The molecule has 1 aromatic heterocycles. The van der Waals surface area contributed by atoms with Crippen LogP contribution in [0.5, 0.6) is 0 Å². The molecule has 7 nitrogen and oxygen atoms in total. The predicted molar refractivity (Wildman–Crippen MR) is 104 cm³/mol. The first-order valence-electron chi connectivity index (χ1n) is 8.24. The second kappa shape index (κ2) is 9.01. The van der Waals surface area contributed by atoms with Crippen LogP contribution in [0.25, 0.3) is 16.3 Å². The van der Waals surface area contributed by atoms with Crippen LogP contribution in [0.4, 0.5) is 0 Å². The van der Waals surface area contributed by atoms with Gasteiger partial charge in [-0.2, -0.15) is 0 Å². The van der Waals surface area contributed by atoms with Gasteiger partial charge in [0.15, 0.2) is 6.61 Å². The van der Waals surface area contributed by atoms with Crippen molar-refractivity contribution in [1.82, 2.24) is 9.88 Å². The van der Waals surface area contributed by atoms with E-state index in [4.69, 9.17) is 9.47 Å². The number of hydrogen-bond donors (Lipinski definition) is 0. The Kier molecular flexibility index (Phi) is 6.46. The van der Waals surface area contributed by atoms with Gasteiger partial charge in [-0.3, -0.25) is 9.59 Å². The number of benzene rings is 1. The van der Waals surface area contributed by atoms with E-state index in [1.807, 2.05) is 24.3 Å². The summed E-state index contributed by atoms with van der Waals surface area (Å²) in [5, 5.41) is 0.288. The Balaban J connectivity index is 1.49. The molecule has 0 radical (unpaired) electrons. The van der Waals surface area contributed by atoms with E-state index in [0.29, 0.717) is 17.3 Å². The average molecular weight is 406 g/mol. The summed E-state index contributed by atoms with van der Waals surface area (Å²) in [6.45, 7) is 0.410.